The molecule has 1 aliphatic heterocycles. The molecule has 0 unspecified atom stereocenters. The van der Waals surface area contributed by atoms with Gasteiger partial charge in [-0.3, -0.25) is 9.69 Å². The van der Waals surface area contributed by atoms with Crippen LogP contribution in [0.2, 0.25) is 0 Å². The summed E-state index contributed by atoms with van der Waals surface area (Å²) in [5.41, 5.74) is 0.537. The van der Waals surface area contributed by atoms with Gasteiger partial charge < -0.3 is 4.79 Å². The van der Waals surface area contributed by atoms with Crippen molar-refractivity contribution in [3.8, 4) is 6.07 Å². The fourth-order valence-electron chi connectivity index (χ4n) is 1.53. The van der Waals surface area contributed by atoms with Gasteiger partial charge in [-0.25, -0.2) is 4.98 Å². The molecular weight excluding hydrogens is 206 g/mol. The van der Waals surface area contributed by atoms with E-state index in [0.717, 1.165) is 6.42 Å². The lowest BCUT2D eigenvalue weighted by atomic mass is 10.3. The van der Waals surface area contributed by atoms with Crippen molar-refractivity contribution in [3.63, 3.8) is 0 Å². The molecule has 0 aliphatic carbocycles. The Labute approximate surface area is 93.3 Å². The number of aromatic nitrogens is 1. The second-order valence-corrected chi connectivity index (χ2v) is 3.16. The van der Waals surface area contributed by atoms with E-state index in [-0.39, 0.29) is 5.91 Å². The first-order chi connectivity index (χ1) is 7.81. The van der Waals surface area contributed by atoms with Crippen LogP contribution in [0.25, 0.3) is 0 Å². The zero-order valence-corrected chi connectivity index (χ0v) is 8.72. The molecule has 0 aromatic carbocycles. The number of pyridine rings is 1. The summed E-state index contributed by atoms with van der Waals surface area (Å²) in [7, 11) is 0. The van der Waals surface area contributed by atoms with E-state index in [9.17, 15) is 4.79 Å². The minimum absolute atomic E-state index is 0.0904. The number of rotatable bonds is 1. The Bertz CT molecular complexity index is 425. The quantitative estimate of drug-likeness (QED) is 0.700. The number of carbonyl (C=O) groups is 2. The molecule has 16 heavy (non-hydrogen) atoms. The molecule has 0 spiro atoms. The molecule has 0 bridgehead atoms. The van der Waals surface area contributed by atoms with Gasteiger partial charge in [0.05, 0.1) is 11.6 Å². The number of hydrogen-bond acceptors (Lipinski definition) is 4. The van der Waals surface area contributed by atoms with Gasteiger partial charge in [-0.15, -0.1) is 0 Å². The zero-order valence-electron chi connectivity index (χ0n) is 8.72. The second-order valence-electron chi connectivity index (χ2n) is 3.16. The van der Waals surface area contributed by atoms with Crippen molar-refractivity contribution in [3.05, 3.63) is 23.9 Å². The van der Waals surface area contributed by atoms with E-state index in [4.69, 9.17) is 10.1 Å². The lowest BCUT2D eigenvalue weighted by molar-refractivity contribution is -0.117. The topological polar surface area (TPSA) is 74.1 Å². The maximum atomic E-state index is 11.4. The highest BCUT2D eigenvalue weighted by molar-refractivity contribution is 5.94. The Balaban J connectivity index is 0.000000606. The minimum Gasteiger partial charge on any atom is -0.307 e. The normalized spacial score (nSPS) is 13.9. The predicted octanol–water partition coefficient (Wildman–Crippen LogP) is 0.895. The molecule has 0 N–H and O–H groups in total. The summed E-state index contributed by atoms with van der Waals surface area (Å²) >= 11 is 0. The summed E-state index contributed by atoms with van der Waals surface area (Å²) in [6, 6.07) is 5.30. The molecular formula is C11H11N3O2. The van der Waals surface area contributed by atoms with Gasteiger partial charge in [0.25, 0.3) is 0 Å². The van der Waals surface area contributed by atoms with Gasteiger partial charge in [-0.2, -0.15) is 5.26 Å². The molecule has 0 atom stereocenters. The van der Waals surface area contributed by atoms with Crippen LogP contribution in [0.1, 0.15) is 18.4 Å². The van der Waals surface area contributed by atoms with E-state index in [2.05, 4.69) is 4.98 Å². The summed E-state index contributed by atoms with van der Waals surface area (Å²) in [6.45, 7) is 2.71. The number of hydrogen-bond donors (Lipinski definition) is 0. The maximum Gasteiger partial charge on any atom is 0.228 e. The van der Waals surface area contributed by atoms with Gasteiger partial charge >= 0.3 is 0 Å². The summed E-state index contributed by atoms with van der Waals surface area (Å²) in [4.78, 5) is 25.1. The molecule has 1 aromatic rings. The summed E-state index contributed by atoms with van der Waals surface area (Å²) in [6.07, 6.45) is 3.01. The van der Waals surface area contributed by atoms with Gasteiger partial charge in [0.15, 0.2) is 0 Å². The van der Waals surface area contributed by atoms with Gasteiger partial charge in [0.1, 0.15) is 12.6 Å². The van der Waals surface area contributed by atoms with E-state index in [1.165, 1.54) is 0 Å². The van der Waals surface area contributed by atoms with Crippen molar-refractivity contribution in [2.24, 2.45) is 0 Å². The first-order valence-electron chi connectivity index (χ1n) is 4.76. The molecule has 1 aliphatic rings. The first-order valence-corrected chi connectivity index (χ1v) is 4.76. The van der Waals surface area contributed by atoms with E-state index in [1.807, 2.05) is 12.9 Å². The largest absolute Gasteiger partial charge is 0.307 e. The van der Waals surface area contributed by atoms with Crippen LogP contribution in [0.3, 0.4) is 0 Å². The Kier molecular flexibility index (Phi) is 4.16. The fraction of sp³-hybridized carbons (Fsp3) is 0.273. The smallest absolute Gasteiger partial charge is 0.228 e. The number of amides is 1. The van der Waals surface area contributed by atoms with Crippen molar-refractivity contribution in [2.75, 3.05) is 11.4 Å². The molecule has 82 valence electrons. The van der Waals surface area contributed by atoms with Crippen LogP contribution in [0.15, 0.2) is 18.3 Å². The zero-order chi connectivity index (χ0) is 12.0. The van der Waals surface area contributed by atoms with E-state index >= 15 is 0 Å². The SMILES string of the molecule is C=O.N#Cc1ccnc(N2CCCC2=O)c1. The first kappa shape index (κ1) is 11.9. The molecule has 2 rings (SSSR count). The Morgan fingerprint density at radius 2 is 2.25 bits per heavy atom. The standard InChI is InChI=1S/C10H9N3O.CH2O/c11-7-8-3-4-12-9(6-8)13-5-1-2-10(13)14;1-2/h3-4,6H,1-2,5H2;1H2. The molecule has 5 nitrogen and oxygen atoms in total. The number of carbonyl (C=O) groups excluding carboxylic acids is 2. The average molecular weight is 217 g/mol. The molecule has 1 saturated heterocycles. The van der Waals surface area contributed by atoms with Crippen LogP contribution in [0.5, 0.6) is 0 Å². The molecule has 5 heteroatoms. The predicted molar refractivity (Wildman–Crippen MR) is 57.7 cm³/mol. The molecule has 0 saturated carbocycles. The Hall–Kier alpha value is -2.22. The van der Waals surface area contributed by atoms with E-state index in [0.29, 0.717) is 24.3 Å². The highest BCUT2D eigenvalue weighted by Gasteiger charge is 2.22. The van der Waals surface area contributed by atoms with Crippen LogP contribution in [0.4, 0.5) is 5.82 Å². The average Bonchev–Trinajstić information content (AvgIpc) is 2.78. The van der Waals surface area contributed by atoms with Crippen LogP contribution in [-0.2, 0) is 9.59 Å². The van der Waals surface area contributed by atoms with Crippen molar-refractivity contribution < 1.29 is 9.59 Å². The van der Waals surface area contributed by atoms with Crippen LogP contribution < -0.4 is 4.90 Å². The van der Waals surface area contributed by atoms with Gasteiger partial charge in [0, 0.05) is 19.2 Å². The van der Waals surface area contributed by atoms with Crippen molar-refractivity contribution in [2.45, 2.75) is 12.8 Å². The van der Waals surface area contributed by atoms with Gasteiger partial charge in [-0.1, -0.05) is 0 Å². The third-order valence-electron chi connectivity index (χ3n) is 2.22. The molecule has 1 aromatic heterocycles. The lowest BCUT2D eigenvalue weighted by Crippen LogP contribution is -2.24. The third-order valence-corrected chi connectivity index (χ3v) is 2.22. The lowest BCUT2D eigenvalue weighted by Gasteiger charge is -2.13. The summed E-state index contributed by atoms with van der Waals surface area (Å²) < 4.78 is 0. The van der Waals surface area contributed by atoms with Gasteiger partial charge in [0.2, 0.25) is 5.91 Å². The van der Waals surface area contributed by atoms with Crippen LogP contribution in [-0.4, -0.2) is 24.2 Å². The maximum absolute atomic E-state index is 11.4. The van der Waals surface area contributed by atoms with Gasteiger partial charge in [-0.05, 0) is 18.6 Å². The Morgan fingerprint density at radius 3 is 2.81 bits per heavy atom. The number of nitriles is 1. The van der Waals surface area contributed by atoms with Crippen molar-refractivity contribution >= 4 is 18.5 Å². The number of anilines is 1. The minimum atomic E-state index is 0.0904. The van der Waals surface area contributed by atoms with Crippen molar-refractivity contribution in [1.29, 1.82) is 5.26 Å². The molecule has 1 amide bonds. The fourth-order valence-corrected chi connectivity index (χ4v) is 1.53. The van der Waals surface area contributed by atoms with E-state index in [1.54, 1.807) is 23.2 Å². The molecule has 0 radical (unpaired) electrons. The van der Waals surface area contributed by atoms with Crippen LogP contribution >= 0.6 is 0 Å². The summed E-state index contributed by atoms with van der Waals surface area (Å²) in [5.74, 6) is 0.680. The molecule has 2 heterocycles. The number of nitrogens with zero attached hydrogens (tertiary/aromatic N) is 3. The molecule has 1 fully saturated rings. The van der Waals surface area contributed by atoms with Crippen molar-refractivity contribution in [1.82, 2.24) is 4.98 Å². The third kappa shape index (κ3) is 2.42. The monoisotopic (exact) mass is 217 g/mol. The highest BCUT2D eigenvalue weighted by Crippen LogP contribution is 2.19. The van der Waals surface area contributed by atoms with E-state index < -0.39 is 0 Å². The van der Waals surface area contributed by atoms with Crippen LogP contribution in [0, 0.1) is 11.3 Å². The Morgan fingerprint density at radius 1 is 1.50 bits per heavy atom. The summed E-state index contributed by atoms with van der Waals surface area (Å²) in [5, 5.41) is 8.69. The highest BCUT2D eigenvalue weighted by atomic mass is 16.2. The second kappa shape index (κ2) is 5.61.